The van der Waals surface area contributed by atoms with Crippen molar-refractivity contribution in [3.05, 3.63) is 86.4 Å². The molecule has 8 heteroatoms. The van der Waals surface area contributed by atoms with Crippen LogP contribution in [0, 0.1) is 5.82 Å². The Morgan fingerprint density at radius 2 is 1.75 bits per heavy atom. The molecule has 0 radical (unpaired) electrons. The van der Waals surface area contributed by atoms with Gasteiger partial charge in [0.1, 0.15) is 17.7 Å². The van der Waals surface area contributed by atoms with Crippen molar-refractivity contribution >= 4 is 10.9 Å². The molecule has 3 heterocycles. The lowest BCUT2D eigenvalue weighted by Gasteiger charge is -2.28. The zero-order valence-corrected chi connectivity index (χ0v) is 18.0. The van der Waals surface area contributed by atoms with Crippen LogP contribution >= 0.6 is 0 Å². The molecule has 164 valence electrons. The number of aryl methyl sites for hydroxylation is 1. The van der Waals surface area contributed by atoms with E-state index >= 15 is 0 Å². The lowest BCUT2D eigenvalue weighted by atomic mass is 10.0. The van der Waals surface area contributed by atoms with Crippen LogP contribution in [0.2, 0.25) is 0 Å². The van der Waals surface area contributed by atoms with E-state index in [0.29, 0.717) is 46.8 Å². The van der Waals surface area contributed by atoms with Gasteiger partial charge in [0.2, 0.25) is 0 Å². The number of halogens is 1. The van der Waals surface area contributed by atoms with Crippen molar-refractivity contribution in [1.29, 1.82) is 0 Å². The van der Waals surface area contributed by atoms with Gasteiger partial charge < -0.3 is 14.0 Å². The molecule has 4 aromatic rings. The summed E-state index contributed by atoms with van der Waals surface area (Å²) in [5.74, 6) is 0.288. The smallest absolute Gasteiger partial charge is 0.331 e. The Kier molecular flexibility index (Phi) is 4.74. The Morgan fingerprint density at radius 3 is 2.44 bits per heavy atom. The molecule has 0 saturated heterocycles. The predicted molar refractivity (Wildman–Crippen MR) is 119 cm³/mol. The first kappa shape index (κ1) is 20.3. The van der Waals surface area contributed by atoms with Crippen molar-refractivity contribution in [3.63, 3.8) is 0 Å². The van der Waals surface area contributed by atoms with Gasteiger partial charge in [0, 0.05) is 26.2 Å². The third-order valence-corrected chi connectivity index (χ3v) is 6.10. The minimum absolute atomic E-state index is 0.338. The molecule has 0 spiro atoms. The highest BCUT2D eigenvalue weighted by Gasteiger charge is 2.34. The van der Waals surface area contributed by atoms with Gasteiger partial charge in [-0.2, -0.15) is 0 Å². The number of fused-ring (bicyclic) bond motifs is 3. The van der Waals surface area contributed by atoms with E-state index in [1.807, 2.05) is 28.8 Å². The molecular weight excluding hydrogens is 413 g/mol. The third kappa shape index (κ3) is 2.83. The third-order valence-electron chi connectivity index (χ3n) is 6.10. The number of aromatic nitrogens is 3. The molecule has 0 N–H and O–H groups in total. The Balaban J connectivity index is 1.93. The van der Waals surface area contributed by atoms with Crippen LogP contribution in [-0.4, -0.2) is 27.4 Å². The predicted octanol–water partition coefficient (Wildman–Crippen LogP) is 2.97. The van der Waals surface area contributed by atoms with Crippen LogP contribution in [0.15, 0.2) is 58.1 Å². The fraction of sp³-hybridized carbons (Fsp3) is 0.250. The number of rotatable bonds is 3. The first-order valence-corrected chi connectivity index (χ1v) is 10.3. The Hall–Kier alpha value is -3.65. The lowest BCUT2D eigenvalue weighted by Crippen LogP contribution is -2.37. The summed E-state index contributed by atoms with van der Waals surface area (Å²) in [5.41, 5.74) is 2.04. The van der Waals surface area contributed by atoms with Crippen LogP contribution < -0.4 is 16.0 Å². The van der Waals surface area contributed by atoms with E-state index in [2.05, 4.69) is 0 Å². The maximum Gasteiger partial charge on any atom is 0.331 e. The van der Waals surface area contributed by atoms with Gasteiger partial charge in [-0.3, -0.25) is 13.9 Å². The molecule has 0 fully saturated rings. The highest BCUT2D eigenvalue weighted by Crippen LogP contribution is 2.41. The van der Waals surface area contributed by atoms with Crippen LogP contribution in [0.25, 0.3) is 22.2 Å². The summed E-state index contributed by atoms with van der Waals surface area (Å²) in [5, 5.41) is 0.404. The maximum atomic E-state index is 14.8. The quantitative estimate of drug-likeness (QED) is 0.496. The average Bonchev–Trinajstić information content (AvgIpc) is 3.17. The SMILES string of the molecule is COc1ccc(-c2c3c(=O)n(C)c(=O)n(C)c3c3n2CCO[C@H]3c2ccccc2F)cc1. The molecule has 1 atom stereocenters. The van der Waals surface area contributed by atoms with Crippen molar-refractivity contribution in [1.82, 2.24) is 13.7 Å². The van der Waals surface area contributed by atoms with Gasteiger partial charge in [0.25, 0.3) is 5.56 Å². The zero-order valence-electron chi connectivity index (χ0n) is 18.0. The molecule has 1 aliphatic heterocycles. The Morgan fingerprint density at radius 1 is 1.03 bits per heavy atom. The summed E-state index contributed by atoms with van der Waals surface area (Å²) in [6.07, 6.45) is -0.753. The number of benzene rings is 2. The molecule has 1 aliphatic rings. The summed E-state index contributed by atoms with van der Waals surface area (Å²) >= 11 is 0. The summed E-state index contributed by atoms with van der Waals surface area (Å²) in [7, 11) is 4.67. The van der Waals surface area contributed by atoms with Crippen molar-refractivity contribution < 1.29 is 13.9 Å². The van der Waals surface area contributed by atoms with Gasteiger partial charge in [0.15, 0.2) is 0 Å². The van der Waals surface area contributed by atoms with Crippen molar-refractivity contribution in [2.45, 2.75) is 12.6 Å². The van der Waals surface area contributed by atoms with Gasteiger partial charge in [-0.1, -0.05) is 18.2 Å². The van der Waals surface area contributed by atoms with Gasteiger partial charge >= 0.3 is 5.69 Å². The van der Waals surface area contributed by atoms with Gasteiger partial charge in [0.05, 0.1) is 36.0 Å². The van der Waals surface area contributed by atoms with E-state index in [4.69, 9.17) is 9.47 Å². The van der Waals surface area contributed by atoms with E-state index in [1.54, 1.807) is 32.4 Å². The van der Waals surface area contributed by atoms with Gasteiger partial charge in [-0.05, 0) is 35.9 Å². The average molecular weight is 435 g/mol. The van der Waals surface area contributed by atoms with Crippen LogP contribution in [0.3, 0.4) is 0 Å². The second-order valence-corrected chi connectivity index (χ2v) is 7.82. The molecule has 5 rings (SSSR count). The number of ether oxygens (including phenoxy) is 2. The summed E-state index contributed by atoms with van der Waals surface area (Å²) < 4.78 is 30.6. The number of hydrogen-bond donors (Lipinski definition) is 0. The van der Waals surface area contributed by atoms with Crippen molar-refractivity contribution in [2.75, 3.05) is 13.7 Å². The molecule has 7 nitrogen and oxygen atoms in total. The maximum absolute atomic E-state index is 14.8. The van der Waals surface area contributed by atoms with E-state index in [9.17, 15) is 14.0 Å². The second-order valence-electron chi connectivity index (χ2n) is 7.82. The van der Waals surface area contributed by atoms with Gasteiger partial charge in [-0.15, -0.1) is 0 Å². The first-order valence-electron chi connectivity index (χ1n) is 10.3. The minimum atomic E-state index is -0.753. The summed E-state index contributed by atoms with van der Waals surface area (Å²) in [6.45, 7) is 0.804. The first-order chi connectivity index (χ1) is 15.4. The van der Waals surface area contributed by atoms with Crippen molar-refractivity contribution in [2.24, 2.45) is 14.1 Å². The lowest BCUT2D eigenvalue weighted by molar-refractivity contribution is 0.0457. The Labute approximate surface area is 182 Å². The van der Waals surface area contributed by atoms with E-state index in [0.717, 1.165) is 10.1 Å². The van der Waals surface area contributed by atoms with Crippen LogP contribution in [0.1, 0.15) is 17.4 Å². The summed E-state index contributed by atoms with van der Waals surface area (Å²) in [4.78, 5) is 26.2. The molecule has 2 aromatic carbocycles. The molecule has 0 amide bonds. The van der Waals surface area contributed by atoms with Crippen molar-refractivity contribution in [3.8, 4) is 17.0 Å². The van der Waals surface area contributed by atoms with Gasteiger partial charge in [-0.25, -0.2) is 9.18 Å². The minimum Gasteiger partial charge on any atom is -0.497 e. The fourth-order valence-electron chi connectivity index (χ4n) is 4.55. The fourth-order valence-corrected chi connectivity index (χ4v) is 4.55. The molecule has 0 unspecified atom stereocenters. The molecule has 0 aliphatic carbocycles. The molecule has 32 heavy (non-hydrogen) atoms. The second kappa shape index (κ2) is 7.49. The molecule has 0 saturated carbocycles. The van der Waals surface area contributed by atoms with E-state index in [1.165, 1.54) is 17.7 Å². The zero-order chi connectivity index (χ0) is 22.6. The largest absolute Gasteiger partial charge is 0.497 e. The van der Waals surface area contributed by atoms with E-state index in [-0.39, 0.29) is 0 Å². The number of methoxy groups -OCH3 is 1. The normalized spacial score (nSPS) is 15.7. The van der Waals surface area contributed by atoms with Crippen LogP contribution in [0.4, 0.5) is 4.39 Å². The number of hydrogen-bond acceptors (Lipinski definition) is 4. The summed E-state index contributed by atoms with van der Waals surface area (Å²) in [6, 6.07) is 13.8. The topological polar surface area (TPSA) is 67.4 Å². The standard InChI is InChI=1S/C24H22FN3O4/c1-26-20-18(23(29)27(2)24(26)30)19(14-8-10-15(31-3)11-9-14)28-12-13-32-22(21(20)28)16-6-4-5-7-17(16)25/h4-11,22H,12-13H2,1-3H3/t22-/m0/s1. The Bertz CT molecular complexity index is 1460. The number of nitrogens with zero attached hydrogens (tertiary/aromatic N) is 3. The molecule has 2 aromatic heterocycles. The molecule has 0 bridgehead atoms. The highest BCUT2D eigenvalue weighted by atomic mass is 19.1. The highest BCUT2D eigenvalue weighted by molar-refractivity contribution is 5.96. The van der Waals surface area contributed by atoms with Crippen LogP contribution in [-0.2, 0) is 25.4 Å². The van der Waals surface area contributed by atoms with E-state index < -0.39 is 23.2 Å². The van der Waals surface area contributed by atoms with Crippen LogP contribution in [0.5, 0.6) is 5.75 Å². The molecular formula is C24H22FN3O4. The monoisotopic (exact) mass is 435 g/mol.